The minimum atomic E-state index is -0.924. The lowest BCUT2D eigenvalue weighted by atomic mass is 9.87. The van der Waals surface area contributed by atoms with Crippen LogP contribution in [0.4, 0.5) is 5.69 Å². The highest BCUT2D eigenvalue weighted by Gasteiger charge is 2.44. The number of nitro benzene ring substituents is 1. The van der Waals surface area contributed by atoms with E-state index in [2.05, 4.69) is 6.07 Å². The van der Waals surface area contributed by atoms with Gasteiger partial charge in [-0.1, -0.05) is 26.0 Å². The number of hydrogen-bond acceptors (Lipinski definition) is 4. The predicted octanol–water partition coefficient (Wildman–Crippen LogP) is 4.08. The summed E-state index contributed by atoms with van der Waals surface area (Å²) in [5.74, 6) is -0.834. The molecule has 0 bridgehead atoms. The Hall–Kier alpha value is -2.73. The first kappa shape index (κ1) is 18.1. The van der Waals surface area contributed by atoms with Gasteiger partial charge in [0.05, 0.1) is 4.92 Å². The summed E-state index contributed by atoms with van der Waals surface area (Å²) in [4.78, 5) is 24.3. The minimum Gasteiger partial charge on any atom is -0.480 e. The quantitative estimate of drug-likeness (QED) is 0.646. The number of carboxylic acids is 1. The number of fused-ring (bicyclic) bond motifs is 1. The van der Waals surface area contributed by atoms with Crippen molar-refractivity contribution in [2.45, 2.75) is 39.4 Å². The molecule has 1 atom stereocenters. The normalized spacial score (nSPS) is 16.3. The van der Waals surface area contributed by atoms with Gasteiger partial charge in [0.15, 0.2) is 0 Å². The van der Waals surface area contributed by atoms with E-state index < -0.39 is 16.4 Å². The monoisotopic (exact) mass is 354 g/mol. The fourth-order valence-corrected chi connectivity index (χ4v) is 3.43. The Bertz CT molecular complexity index is 861. The molecule has 3 rings (SSSR count). The second kappa shape index (κ2) is 6.53. The van der Waals surface area contributed by atoms with Crippen LogP contribution in [-0.2, 0) is 17.9 Å². The molecule has 1 unspecified atom stereocenters. The van der Waals surface area contributed by atoms with Crippen LogP contribution in [0.25, 0.3) is 11.1 Å². The molecule has 0 saturated carbocycles. The van der Waals surface area contributed by atoms with Crippen LogP contribution >= 0.6 is 0 Å². The number of non-ortho nitro benzene ring substituents is 1. The molecule has 0 radical (unpaired) electrons. The van der Waals surface area contributed by atoms with Crippen molar-refractivity contribution in [1.82, 2.24) is 4.90 Å². The maximum atomic E-state index is 11.9. The standard InChI is InChI=1S/C20H22N2O4/c1-13(2)20(3,19(23)24)21-11-16-5-4-15(10-17(16)12-21)14-6-8-18(9-7-14)22(25)26/h4-10,13H,11-12H2,1-3H3,(H,23,24). The van der Waals surface area contributed by atoms with Crippen molar-refractivity contribution >= 4 is 11.7 Å². The van der Waals surface area contributed by atoms with E-state index in [0.717, 1.165) is 22.3 Å². The van der Waals surface area contributed by atoms with Gasteiger partial charge < -0.3 is 5.11 Å². The highest BCUT2D eigenvalue weighted by molar-refractivity contribution is 5.79. The molecule has 6 heteroatoms. The van der Waals surface area contributed by atoms with E-state index in [1.807, 2.05) is 30.9 Å². The smallest absolute Gasteiger partial charge is 0.324 e. The molecule has 2 aromatic rings. The van der Waals surface area contributed by atoms with Gasteiger partial charge in [-0.25, -0.2) is 0 Å². The summed E-state index contributed by atoms with van der Waals surface area (Å²) in [5, 5.41) is 20.5. The molecule has 0 amide bonds. The van der Waals surface area contributed by atoms with Crippen molar-refractivity contribution in [2.24, 2.45) is 5.92 Å². The van der Waals surface area contributed by atoms with Crippen LogP contribution in [0.2, 0.25) is 0 Å². The number of aliphatic carboxylic acids is 1. The molecule has 1 N–H and O–H groups in total. The van der Waals surface area contributed by atoms with Crippen molar-refractivity contribution in [3.63, 3.8) is 0 Å². The largest absolute Gasteiger partial charge is 0.480 e. The summed E-state index contributed by atoms with van der Waals surface area (Å²) < 4.78 is 0. The van der Waals surface area contributed by atoms with Crippen LogP contribution < -0.4 is 0 Å². The number of carboxylic acid groups (broad SMARTS) is 1. The first-order chi connectivity index (χ1) is 12.2. The van der Waals surface area contributed by atoms with E-state index in [1.165, 1.54) is 12.1 Å². The third-order valence-corrected chi connectivity index (χ3v) is 5.55. The molecule has 1 aliphatic rings. The van der Waals surface area contributed by atoms with Crippen LogP contribution in [0.5, 0.6) is 0 Å². The Labute approximate surface area is 152 Å². The highest BCUT2D eigenvalue weighted by Crippen LogP contribution is 2.36. The maximum absolute atomic E-state index is 11.9. The molecule has 0 spiro atoms. The molecule has 0 saturated heterocycles. The number of hydrogen-bond donors (Lipinski definition) is 1. The van der Waals surface area contributed by atoms with Gasteiger partial charge in [-0.15, -0.1) is 0 Å². The number of nitro groups is 1. The van der Waals surface area contributed by atoms with E-state index in [1.54, 1.807) is 19.1 Å². The average Bonchev–Trinajstić information content (AvgIpc) is 3.04. The Morgan fingerprint density at radius 3 is 2.23 bits per heavy atom. The van der Waals surface area contributed by atoms with E-state index in [9.17, 15) is 20.0 Å². The van der Waals surface area contributed by atoms with E-state index in [4.69, 9.17) is 0 Å². The summed E-state index contributed by atoms with van der Waals surface area (Å²) in [6.07, 6.45) is 0. The zero-order chi connectivity index (χ0) is 19.1. The number of benzene rings is 2. The average molecular weight is 354 g/mol. The van der Waals surface area contributed by atoms with Gasteiger partial charge in [-0.05, 0) is 53.3 Å². The van der Waals surface area contributed by atoms with Crippen molar-refractivity contribution < 1.29 is 14.8 Å². The van der Waals surface area contributed by atoms with Crippen LogP contribution in [-0.4, -0.2) is 26.4 Å². The summed E-state index contributed by atoms with van der Waals surface area (Å²) in [6, 6.07) is 12.5. The predicted molar refractivity (Wildman–Crippen MR) is 98.7 cm³/mol. The van der Waals surface area contributed by atoms with E-state index in [-0.39, 0.29) is 11.6 Å². The summed E-state index contributed by atoms with van der Waals surface area (Å²) in [7, 11) is 0. The molecule has 6 nitrogen and oxygen atoms in total. The van der Waals surface area contributed by atoms with Gasteiger partial charge in [-0.3, -0.25) is 19.8 Å². The molecule has 1 aliphatic heterocycles. The molecule has 2 aromatic carbocycles. The SMILES string of the molecule is CC(C)C(C)(C(=O)O)N1Cc2ccc(-c3ccc([N+](=O)[O-])cc3)cc2C1. The van der Waals surface area contributed by atoms with Gasteiger partial charge in [0, 0.05) is 25.2 Å². The fourth-order valence-electron chi connectivity index (χ4n) is 3.43. The summed E-state index contributed by atoms with van der Waals surface area (Å²) >= 11 is 0. The minimum absolute atomic E-state index is 0.0246. The highest BCUT2D eigenvalue weighted by atomic mass is 16.6. The molecule has 0 aliphatic carbocycles. The Kier molecular flexibility index (Phi) is 4.54. The molecule has 1 heterocycles. The van der Waals surface area contributed by atoms with Crippen molar-refractivity contribution in [3.8, 4) is 11.1 Å². The molecule has 26 heavy (non-hydrogen) atoms. The van der Waals surface area contributed by atoms with Crippen molar-refractivity contribution in [1.29, 1.82) is 0 Å². The fraction of sp³-hybridized carbons (Fsp3) is 0.350. The Balaban J connectivity index is 1.89. The van der Waals surface area contributed by atoms with Crippen molar-refractivity contribution in [2.75, 3.05) is 0 Å². The van der Waals surface area contributed by atoms with Crippen molar-refractivity contribution in [3.05, 3.63) is 63.7 Å². The summed E-state index contributed by atoms with van der Waals surface area (Å²) in [5.41, 5.74) is 3.25. The van der Waals surface area contributed by atoms with Crippen LogP contribution in [0.3, 0.4) is 0 Å². The lowest BCUT2D eigenvalue weighted by Gasteiger charge is -2.38. The zero-order valence-electron chi connectivity index (χ0n) is 15.1. The van der Waals surface area contributed by atoms with Gasteiger partial charge in [0.2, 0.25) is 0 Å². The lowest BCUT2D eigenvalue weighted by molar-refractivity contribution is -0.384. The van der Waals surface area contributed by atoms with Gasteiger partial charge in [-0.2, -0.15) is 0 Å². The molecule has 136 valence electrons. The molecular formula is C20H22N2O4. The van der Waals surface area contributed by atoms with Gasteiger partial charge in [0.25, 0.3) is 5.69 Å². The van der Waals surface area contributed by atoms with Crippen LogP contribution in [0.1, 0.15) is 31.9 Å². The molecule has 0 fully saturated rings. The third-order valence-electron chi connectivity index (χ3n) is 5.55. The number of nitrogens with zero attached hydrogens (tertiary/aromatic N) is 2. The second-order valence-electron chi connectivity index (χ2n) is 7.25. The van der Waals surface area contributed by atoms with Crippen LogP contribution in [0.15, 0.2) is 42.5 Å². The molecule has 0 aromatic heterocycles. The Morgan fingerprint density at radius 2 is 1.69 bits per heavy atom. The topological polar surface area (TPSA) is 83.7 Å². The second-order valence-corrected chi connectivity index (χ2v) is 7.25. The van der Waals surface area contributed by atoms with Gasteiger partial charge in [0.1, 0.15) is 5.54 Å². The van der Waals surface area contributed by atoms with Crippen LogP contribution in [0, 0.1) is 16.0 Å². The Morgan fingerprint density at radius 1 is 1.12 bits per heavy atom. The van der Waals surface area contributed by atoms with E-state index in [0.29, 0.717) is 13.1 Å². The zero-order valence-corrected chi connectivity index (χ0v) is 15.1. The first-order valence-corrected chi connectivity index (χ1v) is 8.58. The van der Waals surface area contributed by atoms with Gasteiger partial charge >= 0.3 is 5.97 Å². The van der Waals surface area contributed by atoms with E-state index >= 15 is 0 Å². The summed E-state index contributed by atoms with van der Waals surface area (Å²) in [6.45, 7) is 6.83. The third kappa shape index (κ3) is 2.97. The lowest BCUT2D eigenvalue weighted by Crippen LogP contribution is -2.53. The maximum Gasteiger partial charge on any atom is 0.324 e. The number of rotatable bonds is 5. The molecular weight excluding hydrogens is 332 g/mol. The first-order valence-electron chi connectivity index (χ1n) is 8.58. The number of carbonyl (C=O) groups is 1.